The van der Waals surface area contributed by atoms with Gasteiger partial charge in [0.2, 0.25) is 27.2 Å². The van der Waals surface area contributed by atoms with Crippen LogP contribution in [0.15, 0.2) is 24.3 Å². The highest BCUT2D eigenvalue weighted by molar-refractivity contribution is 5.69. The second-order valence-electron chi connectivity index (χ2n) is 18.3. The van der Waals surface area contributed by atoms with Gasteiger partial charge in [-0.2, -0.15) is 0 Å². The zero-order valence-corrected chi connectivity index (χ0v) is 39.8. The number of ether oxygens (including phenoxy) is 8. The van der Waals surface area contributed by atoms with E-state index in [2.05, 4.69) is 73.2 Å². The summed E-state index contributed by atoms with van der Waals surface area (Å²) in [5.41, 5.74) is 11.2. The fraction of sp³-hybridized carbons (Fsp3) is 0.538. The van der Waals surface area contributed by atoms with Gasteiger partial charge in [0.25, 0.3) is 0 Å². The number of rotatable bonds is 20. The van der Waals surface area contributed by atoms with Crippen LogP contribution in [0.3, 0.4) is 0 Å². The second-order valence-corrected chi connectivity index (χ2v) is 18.3. The van der Waals surface area contributed by atoms with E-state index < -0.39 is 0 Å². The molecule has 8 N–H and O–H groups in total. The van der Waals surface area contributed by atoms with Crippen LogP contribution in [0.2, 0.25) is 0 Å². The van der Waals surface area contributed by atoms with Gasteiger partial charge in [-0.15, -0.1) is 0 Å². The summed E-state index contributed by atoms with van der Waals surface area (Å²) in [6.07, 6.45) is 2.35. The molecule has 68 heavy (non-hydrogen) atoms. The number of nitrogens with one attached hydrogen (secondary N) is 4. The fourth-order valence-corrected chi connectivity index (χ4v) is 10.5. The molecule has 0 saturated heterocycles. The molecule has 368 valence electrons. The van der Waals surface area contributed by atoms with Crippen molar-refractivity contribution >= 4 is 0 Å². The normalized spacial score (nSPS) is 19.3. The minimum Gasteiger partial charge on any atom is -0.457 e. The van der Waals surface area contributed by atoms with Crippen LogP contribution in [0.5, 0.6) is 46.0 Å². The smallest absolute Gasteiger partial charge is 0.230 e. The minimum atomic E-state index is -0.251. The molecule has 5 aliphatic rings. The lowest BCUT2D eigenvalue weighted by atomic mass is 9.78. The minimum absolute atomic E-state index is 0.0648. The molecular formula is C52H68N4O12. The summed E-state index contributed by atoms with van der Waals surface area (Å²) in [4.78, 5) is 0. The van der Waals surface area contributed by atoms with E-state index in [0.717, 1.165) is 66.8 Å². The zero-order chi connectivity index (χ0) is 47.3. The van der Waals surface area contributed by atoms with Crippen molar-refractivity contribution in [3.05, 3.63) is 91.0 Å². The first-order valence-corrected chi connectivity index (χ1v) is 24.4. The Morgan fingerprint density at radius 2 is 0.515 bits per heavy atom. The van der Waals surface area contributed by atoms with Crippen molar-refractivity contribution in [1.82, 2.24) is 21.3 Å². The largest absolute Gasteiger partial charge is 0.457 e. The fourth-order valence-electron chi connectivity index (χ4n) is 10.5. The number of hydrogen-bond donors (Lipinski definition) is 8. The Morgan fingerprint density at radius 1 is 0.338 bits per heavy atom. The molecule has 1 aliphatic carbocycles. The lowest BCUT2D eigenvalue weighted by molar-refractivity contribution is 0.0946. The Kier molecular flexibility index (Phi) is 15.3. The number of hydrogen-bond acceptors (Lipinski definition) is 16. The van der Waals surface area contributed by atoms with Crippen molar-refractivity contribution in [3.63, 3.8) is 0 Å². The molecule has 16 heteroatoms. The molecule has 0 aromatic heterocycles. The maximum absolute atomic E-state index is 9.72. The van der Waals surface area contributed by atoms with E-state index in [1.54, 1.807) is 0 Å². The van der Waals surface area contributed by atoms with E-state index in [4.69, 9.17) is 37.9 Å². The van der Waals surface area contributed by atoms with Crippen LogP contribution in [0.25, 0.3) is 0 Å². The molecule has 0 atom stereocenters. The summed E-state index contributed by atoms with van der Waals surface area (Å²) in [7, 11) is 0. The van der Waals surface area contributed by atoms with Gasteiger partial charge >= 0.3 is 0 Å². The number of aliphatic hydroxyl groups excluding tert-OH is 4. The second kappa shape index (κ2) is 21.7. The van der Waals surface area contributed by atoms with Crippen LogP contribution in [0, 0.1) is 0 Å². The van der Waals surface area contributed by atoms with Crippen LogP contribution >= 0.6 is 0 Å². The lowest BCUT2D eigenvalue weighted by Gasteiger charge is -2.36. The molecule has 0 unspecified atom stereocenters. The summed E-state index contributed by atoms with van der Waals surface area (Å²) in [5.74, 6) is 4.40. The molecule has 4 aromatic carbocycles. The van der Waals surface area contributed by atoms with Crippen LogP contribution in [-0.2, 0) is 26.2 Å². The van der Waals surface area contributed by atoms with Gasteiger partial charge in [0.15, 0.2) is 0 Å². The van der Waals surface area contributed by atoms with Gasteiger partial charge in [-0.3, -0.25) is 0 Å². The summed E-state index contributed by atoms with van der Waals surface area (Å²) in [6.45, 7) is 12.7. The predicted octanol–water partition coefficient (Wildman–Crippen LogP) is 5.41. The first kappa shape index (κ1) is 48.0. The number of aliphatic hydroxyl groups is 4. The third kappa shape index (κ3) is 9.13. The van der Waals surface area contributed by atoms with E-state index in [9.17, 15) is 20.4 Å². The highest BCUT2D eigenvalue weighted by Gasteiger charge is 2.39. The monoisotopic (exact) mass is 940 g/mol. The van der Waals surface area contributed by atoms with E-state index in [1.165, 1.54) is 0 Å². The molecule has 0 spiro atoms. The highest BCUT2D eigenvalue weighted by atomic mass is 16.7. The van der Waals surface area contributed by atoms with Gasteiger partial charge in [0, 0.05) is 121 Å². The van der Waals surface area contributed by atoms with Gasteiger partial charge in [-0.25, -0.2) is 0 Å². The van der Waals surface area contributed by atoms with Crippen LogP contribution in [0.1, 0.15) is 144 Å². The van der Waals surface area contributed by atoms with Crippen LogP contribution < -0.4 is 59.2 Å². The van der Waals surface area contributed by atoms with Gasteiger partial charge in [-0.05, 0) is 76.1 Å². The number of benzene rings is 4. The molecular weight excluding hydrogens is 873 g/mol. The molecule has 0 amide bonds. The van der Waals surface area contributed by atoms with Crippen molar-refractivity contribution in [2.45, 2.75) is 103 Å². The topological polar surface area (TPSA) is 203 Å². The third-order valence-corrected chi connectivity index (χ3v) is 14.1. The molecule has 4 aliphatic heterocycles. The first-order valence-electron chi connectivity index (χ1n) is 24.4. The van der Waals surface area contributed by atoms with E-state index >= 15 is 0 Å². The van der Waals surface area contributed by atoms with E-state index in [1.807, 2.05) is 0 Å². The quantitative estimate of drug-likeness (QED) is 0.0523. The standard InChI is InChI=1S/C52H68N4O12/c1-29-33-17-35-30(2)37-19-39-32(4)40-20-38-31(3)36-18-34(29)46-42(22-54-10-6-14-58)48(36)64-27-66-50(38)44(24-56-12-8-16-60)52(40)68-28-67-51(39)43(23-55-11-7-15-59)49(37)65-26-63-47(35)41(21-53-9-5-13-57)45(33)61-25-62-46/h17-20,29-32,53-60H,5-16,21-28H2,1-4H3. The molecule has 4 aromatic rings. The third-order valence-electron chi connectivity index (χ3n) is 14.1. The maximum Gasteiger partial charge on any atom is 0.230 e. The van der Waals surface area contributed by atoms with Gasteiger partial charge in [0.05, 0.1) is 22.3 Å². The Balaban J connectivity index is 1.36. The van der Waals surface area contributed by atoms with E-state index in [-0.39, 0.29) is 77.3 Å². The van der Waals surface area contributed by atoms with Gasteiger partial charge < -0.3 is 79.6 Å². The van der Waals surface area contributed by atoms with Crippen molar-refractivity contribution < 1.29 is 58.3 Å². The Bertz CT molecular complexity index is 1990. The van der Waals surface area contributed by atoms with Crippen LogP contribution in [0.4, 0.5) is 0 Å². The lowest BCUT2D eigenvalue weighted by Crippen LogP contribution is -2.27. The van der Waals surface area contributed by atoms with Crippen molar-refractivity contribution in [3.8, 4) is 46.0 Å². The van der Waals surface area contributed by atoms with Gasteiger partial charge in [-0.1, -0.05) is 27.7 Å². The van der Waals surface area contributed by atoms with Gasteiger partial charge in [0.1, 0.15) is 46.0 Å². The SMILES string of the molecule is CC1c2cc3c4c(CNCCCO)c2OCOc2c1cc1c(c2CNCCCO)OCOc2c(cc5c(c2CNCCCO)OCOc2c(cc(c(c2CNCCCO)OCO4)C3C)C5C)C1C. The Morgan fingerprint density at radius 3 is 0.676 bits per heavy atom. The Hall–Kier alpha value is -5.04. The molecule has 0 fully saturated rings. The molecule has 0 radical (unpaired) electrons. The zero-order valence-electron chi connectivity index (χ0n) is 39.8. The molecule has 16 nitrogen and oxygen atoms in total. The van der Waals surface area contributed by atoms with E-state index in [0.29, 0.717) is 124 Å². The maximum atomic E-state index is 9.72. The predicted molar refractivity (Wildman–Crippen MR) is 254 cm³/mol. The molecule has 0 saturated carbocycles. The summed E-state index contributed by atoms with van der Waals surface area (Å²) in [5, 5.41) is 53.0. The average Bonchev–Trinajstić information content (AvgIpc) is 3.33. The van der Waals surface area contributed by atoms with Crippen molar-refractivity contribution in [2.24, 2.45) is 0 Å². The summed E-state index contributed by atoms with van der Waals surface area (Å²) < 4.78 is 54.0. The van der Waals surface area contributed by atoms with Crippen molar-refractivity contribution in [1.29, 1.82) is 0 Å². The molecule has 9 rings (SSSR count). The Labute approximate surface area is 398 Å². The van der Waals surface area contributed by atoms with Crippen LogP contribution in [-0.4, -0.2) is 100 Å². The summed E-state index contributed by atoms with van der Waals surface area (Å²) in [6, 6.07) is 8.98. The highest BCUT2D eigenvalue weighted by Crippen LogP contribution is 2.56. The first-order chi connectivity index (χ1) is 33.3. The molecule has 8 bridgehead atoms. The van der Waals surface area contributed by atoms with Crippen molar-refractivity contribution in [2.75, 3.05) is 79.8 Å². The molecule has 4 heterocycles. The average molecular weight is 941 g/mol. The summed E-state index contributed by atoms with van der Waals surface area (Å²) >= 11 is 0.